The van der Waals surface area contributed by atoms with Crippen LogP contribution in [0.2, 0.25) is 5.02 Å². The van der Waals surface area contributed by atoms with Gasteiger partial charge in [0.05, 0.1) is 6.54 Å². The van der Waals surface area contributed by atoms with E-state index in [9.17, 15) is 14.4 Å². The Hall–Kier alpha value is -3.06. The molecule has 30 heavy (non-hydrogen) atoms. The molecule has 1 N–H and O–H groups in total. The monoisotopic (exact) mass is 429 g/mol. The lowest BCUT2D eigenvalue weighted by Gasteiger charge is -2.23. The summed E-state index contributed by atoms with van der Waals surface area (Å²) in [7, 11) is 1.60. The molecule has 0 bridgehead atoms. The van der Waals surface area contributed by atoms with Gasteiger partial charge in [-0.1, -0.05) is 41.4 Å². The molecule has 1 unspecified atom stereocenters. The summed E-state index contributed by atoms with van der Waals surface area (Å²) in [4.78, 5) is 40.3. The first-order valence-corrected chi connectivity index (χ1v) is 9.92. The van der Waals surface area contributed by atoms with Crippen LogP contribution in [0.3, 0.4) is 0 Å². The van der Waals surface area contributed by atoms with E-state index in [2.05, 4.69) is 5.32 Å². The van der Waals surface area contributed by atoms with Gasteiger partial charge in [-0.3, -0.25) is 14.5 Å². The van der Waals surface area contributed by atoms with Crippen LogP contribution in [0.4, 0.5) is 4.79 Å². The van der Waals surface area contributed by atoms with Gasteiger partial charge in [0.25, 0.3) is 5.91 Å². The molecular weight excluding hydrogens is 406 g/mol. The van der Waals surface area contributed by atoms with E-state index in [0.29, 0.717) is 22.9 Å². The lowest BCUT2D eigenvalue weighted by Crippen LogP contribution is -2.44. The third-order valence-corrected chi connectivity index (χ3v) is 5.38. The SMILES string of the molecule is Cc1ccc(C2(C)NC(=O)N(CC(=O)N(C)CCOc3ccc(Cl)cc3)C2=O)cc1. The maximum absolute atomic E-state index is 12.9. The first-order valence-electron chi connectivity index (χ1n) is 9.54. The van der Waals surface area contributed by atoms with E-state index in [1.54, 1.807) is 50.4 Å². The number of halogens is 1. The molecule has 3 rings (SSSR count). The molecule has 0 radical (unpaired) electrons. The van der Waals surface area contributed by atoms with E-state index in [-0.39, 0.29) is 19.1 Å². The van der Waals surface area contributed by atoms with Crippen molar-refractivity contribution >= 4 is 29.4 Å². The number of benzene rings is 2. The van der Waals surface area contributed by atoms with Gasteiger partial charge in [-0.25, -0.2) is 4.79 Å². The predicted octanol–water partition coefficient (Wildman–Crippen LogP) is 2.95. The Morgan fingerprint density at radius 3 is 2.40 bits per heavy atom. The lowest BCUT2D eigenvalue weighted by molar-refractivity contribution is -0.138. The number of urea groups is 1. The third kappa shape index (κ3) is 4.57. The van der Waals surface area contributed by atoms with Crippen LogP contribution in [0.1, 0.15) is 18.1 Å². The van der Waals surface area contributed by atoms with Gasteiger partial charge in [0.15, 0.2) is 0 Å². The van der Waals surface area contributed by atoms with Gasteiger partial charge in [0.1, 0.15) is 24.4 Å². The highest BCUT2D eigenvalue weighted by Gasteiger charge is 2.49. The summed E-state index contributed by atoms with van der Waals surface area (Å²) in [5, 5.41) is 3.32. The second-order valence-electron chi connectivity index (χ2n) is 7.43. The van der Waals surface area contributed by atoms with Crippen molar-refractivity contribution in [2.24, 2.45) is 0 Å². The fourth-order valence-electron chi connectivity index (χ4n) is 3.14. The lowest BCUT2D eigenvalue weighted by atomic mass is 9.91. The van der Waals surface area contributed by atoms with Gasteiger partial charge < -0.3 is 15.0 Å². The molecule has 0 aliphatic carbocycles. The zero-order chi connectivity index (χ0) is 21.9. The molecule has 2 aromatic rings. The molecule has 1 fully saturated rings. The quantitative estimate of drug-likeness (QED) is 0.686. The summed E-state index contributed by atoms with van der Waals surface area (Å²) >= 11 is 5.84. The Labute approximate surface area is 180 Å². The maximum atomic E-state index is 12.9. The topological polar surface area (TPSA) is 79.0 Å². The fraction of sp³-hybridized carbons (Fsp3) is 0.318. The Morgan fingerprint density at radius 1 is 1.13 bits per heavy atom. The number of nitrogens with zero attached hydrogens (tertiary/aromatic N) is 2. The summed E-state index contributed by atoms with van der Waals surface area (Å²) in [5.41, 5.74) is 0.529. The van der Waals surface area contributed by atoms with Crippen molar-refractivity contribution in [2.45, 2.75) is 19.4 Å². The number of likely N-dealkylation sites (N-methyl/N-ethyl adjacent to an activating group) is 1. The van der Waals surface area contributed by atoms with Gasteiger partial charge in [-0.05, 0) is 43.7 Å². The number of amides is 4. The first-order chi connectivity index (χ1) is 14.2. The Balaban J connectivity index is 1.57. The van der Waals surface area contributed by atoms with Gasteiger partial charge in [0.2, 0.25) is 5.91 Å². The minimum Gasteiger partial charge on any atom is -0.492 e. The van der Waals surface area contributed by atoms with Gasteiger partial charge in [0, 0.05) is 12.1 Å². The van der Waals surface area contributed by atoms with Crippen LogP contribution >= 0.6 is 11.6 Å². The molecule has 1 aliphatic heterocycles. The minimum atomic E-state index is -1.19. The summed E-state index contributed by atoms with van der Waals surface area (Å²) in [6.07, 6.45) is 0. The molecular formula is C22H24ClN3O4. The van der Waals surface area contributed by atoms with Gasteiger partial charge in [-0.15, -0.1) is 0 Å². The molecule has 0 spiro atoms. The van der Waals surface area contributed by atoms with E-state index in [1.807, 2.05) is 19.1 Å². The van der Waals surface area contributed by atoms with E-state index in [1.165, 1.54) is 4.90 Å². The van der Waals surface area contributed by atoms with Crippen LogP contribution in [0.25, 0.3) is 0 Å². The molecule has 1 aliphatic rings. The van der Waals surface area contributed by atoms with Gasteiger partial charge in [-0.2, -0.15) is 0 Å². The highest BCUT2D eigenvalue weighted by Crippen LogP contribution is 2.29. The number of nitrogens with one attached hydrogen (secondary N) is 1. The molecule has 4 amide bonds. The number of hydrogen-bond donors (Lipinski definition) is 1. The number of carbonyl (C=O) groups is 3. The van der Waals surface area contributed by atoms with Gasteiger partial charge >= 0.3 is 6.03 Å². The number of rotatable bonds is 7. The zero-order valence-corrected chi connectivity index (χ0v) is 17.9. The number of ether oxygens (including phenoxy) is 1. The van der Waals surface area contributed by atoms with Crippen molar-refractivity contribution in [2.75, 3.05) is 26.7 Å². The predicted molar refractivity (Wildman–Crippen MR) is 113 cm³/mol. The molecule has 0 saturated carbocycles. The summed E-state index contributed by atoms with van der Waals surface area (Å²) < 4.78 is 5.58. The summed E-state index contributed by atoms with van der Waals surface area (Å²) in [6, 6.07) is 13.7. The first kappa shape index (κ1) is 21.6. The Morgan fingerprint density at radius 2 is 1.77 bits per heavy atom. The molecule has 1 saturated heterocycles. The van der Waals surface area contributed by atoms with Crippen LogP contribution < -0.4 is 10.1 Å². The second-order valence-corrected chi connectivity index (χ2v) is 7.87. The summed E-state index contributed by atoms with van der Waals surface area (Å²) in [5.74, 6) is -0.162. The van der Waals surface area contributed by atoms with Crippen molar-refractivity contribution in [3.05, 3.63) is 64.7 Å². The molecule has 2 aromatic carbocycles. The molecule has 158 valence electrons. The van der Waals surface area contributed by atoms with E-state index >= 15 is 0 Å². The standard InChI is InChI=1S/C22H24ClN3O4/c1-15-4-6-16(7-5-15)22(2)20(28)26(21(29)24-22)14-19(27)25(3)12-13-30-18-10-8-17(23)9-11-18/h4-11H,12-14H2,1-3H3,(H,24,29). The maximum Gasteiger partial charge on any atom is 0.325 e. The Kier molecular flexibility index (Phi) is 6.31. The molecule has 8 heteroatoms. The number of carbonyl (C=O) groups excluding carboxylic acids is 3. The third-order valence-electron chi connectivity index (χ3n) is 5.13. The fourth-order valence-corrected chi connectivity index (χ4v) is 3.26. The van der Waals surface area contributed by atoms with E-state index < -0.39 is 17.5 Å². The highest BCUT2D eigenvalue weighted by atomic mass is 35.5. The van der Waals surface area contributed by atoms with E-state index in [0.717, 1.165) is 10.5 Å². The van der Waals surface area contributed by atoms with Crippen molar-refractivity contribution in [3.8, 4) is 5.75 Å². The summed E-state index contributed by atoms with van der Waals surface area (Å²) in [6.45, 7) is 3.83. The molecule has 1 heterocycles. The minimum absolute atomic E-state index is 0.269. The Bertz CT molecular complexity index is 946. The van der Waals surface area contributed by atoms with Crippen LogP contribution in [0, 0.1) is 6.92 Å². The molecule has 0 aromatic heterocycles. The largest absolute Gasteiger partial charge is 0.492 e. The number of aryl methyl sites for hydroxylation is 1. The normalized spacial score (nSPS) is 18.3. The second kappa shape index (κ2) is 8.75. The van der Waals surface area contributed by atoms with Crippen LogP contribution in [0.5, 0.6) is 5.75 Å². The average molecular weight is 430 g/mol. The van der Waals surface area contributed by atoms with Crippen LogP contribution in [-0.4, -0.2) is 54.4 Å². The zero-order valence-electron chi connectivity index (χ0n) is 17.1. The smallest absolute Gasteiger partial charge is 0.325 e. The highest BCUT2D eigenvalue weighted by molar-refractivity contribution is 6.30. The van der Waals surface area contributed by atoms with E-state index in [4.69, 9.17) is 16.3 Å². The van der Waals surface area contributed by atoms with Crippen LogP contribution in [0.15, 0.2) is 48.5 Å². The molecule has 1 atom stereocenters. The van der Waals surface area contributed by atoms with Crippen molar-refractivity contribution in [1.29, 1.82) is 0 Å². The number of hydrogen-bond acceptors (Lipinski definition) is 4. The number of imide groups is 1. The van der Waals surface area contributed by atoms with Crippen molar-refractivity contribution < 1.29 is 19.1 Å². The molecule has 7 nitrogen and oxygen atoms in total. The van der Waals surface area contributed by atoms with Crippen molar-refractivity contribution in [3.63, 3.8) is 0 Å². The van der Waals surface area contributed by atoms with Crippen LogP contribution in [-0.2, 0) is 15.1 Å². The van der Waals surface area contributed by atoms with Crippen molar-refractivity contribution in [1.82, 2.24) is 15.1 Å². The average Bonchev–Trinajstić information content (AvgIpc) is 2.93.